The average molecular weight is 356 g/mol. The van der Waals surface area contributed by atoms with E-state index in [1.165, 1.54) is 0 Å². The molecule has 0 bridgehead atoms. The van der Waals surface area contributed by atoms with Crippen molar-refractivity contribution in [1.29, 1.82) is 0 Å². The maximum Gasteiger partial charge on any atom is 0.411 e. The Hall–Kier alpha value is -3.22. The fraction of sp³-hybridized carbons (Fsp3) is 0.263. The van der Waals surface area contributed by atoms with E-state index in [2.05, 4.69) is 10.6 Å². The summed E-state index contributed by atoms with van der Waals surface area (Å²) < 4.78 is 16.2. The lowest BCUT2D eigenvalue weighted by molar-refractivity contribution is -0.125. The molecule has 2 amide bonds. The summed E-state index contributed by atoms with van der Waals surface area (Å²) in [6, 6.07) is 12.4. The number of benzene rings is 2. The van der Waals surface area contributed by atoms with Gasteiger partial charge in [0.15, 0.2) is 11.5 Å². The van der Waals surface area contributed by atoms with Gasteiger partial charge in [-0.2, -0.15) is 0 Å². The predicted molar refractivity (Wildman–Crippen MR) is 96.8 cm³/mol. The minimum absolute atomic E-state index is 0.128. The first-order valence-electron chi connectivity index (χ1n) is 8.31. The van der Waals surface area contributed by atoms with E-state index in [-0.39, 0.29) is 19.1 Å². The topological polar surface area (TPSA) is 85.9 Å². The van der Waals surface area contributed by atoms with Gasteiger partial charge in [0.25, 0.3) is 5.91 Å². The SMILES string of the molecule is CCOC(=O)Nc1cccc(NC(=O)[C@H]2COc3ccccc3O2)c1C. The van der Waals surface area contributed by atoms with Crippen molar-refractivity contribution < 1.29 is 23.8 Å². The van der Waals surface area contributed by atoms with Gasteiger partial charge in [0.05, 0.1) is 6.61 Å². The molecule has 26 heavy (non-hydrogen) atoms. The van der Waals surface area contributed by atoms with Crippen LogP contribution in [0.15, 0.2) is 42.5 Å². The van der Waals surface area contributed by atoms with E-state index in [1.54, 1.807) is 44.2 Å². The third kappa shape index (κ3) is 3.88. The van der Waals surface area contributed by atoms with Gasteiger partial charge in [0.1, 0.15) is 6.61 Å². The van der Waals surface area contributed by atoms with Crippen LogP contribution in [0, 0.1) is 6.92 Å². The Bertz CT molecular complexity index is 821. The Kier molecular flexibility index (Phi) is 5.26. The summed E-state index contributed by atoms with van der Waals surface area (Å²) in [6.07, 6.45) is -1.30. The molecule has 0 radical (unpaired) electrons. The minimum Gasteiger partial charge on any atom is -0.485 e. The Morgan fingerprint density at radius 2 is 1.77 bits per heavy atom. The van der Waals surface area contributed by atoms with E-state index < -0.39 is 12.2 Å². The van der Waals surface area contributed by atoms with Crippen LogP contribution < -0.4 is 20.1 Å². The molecular weight excluding hydrogens is 336 g/mol. The number of rotatable bonds is 4. The van der Waals surface area contributed by atoms with Crippen LogP contribution in [0.3, 0.4) is 0 Å². The van der Waals surface area contributed by atoms with E-state index in [0.29, 0.717) is 28.4 Å². The lowest BCUT2D eigenvalue weighted by atomic mass is 10.1. The molecular formula is C19H20N2O5. The minimum atomic E-state index is -0.758. The number of ether oxygens (including phenoxy) is 3. The van der Waals surface area contributed by atoms with Gasteiger partial charge >= 0.3 is 6.09 Å². The van der Waals surface area contributed by atoms with Gasteiger partial charge in [0.2, 0.25) is 6.10 Å². The van der Waals surface area contributed by atoms with Crippen molar-refractivity contribution in [3.8, 4) is 11.5 Å². The first-order chi connectivity index (χ1) is 12.6. The monoisotopic (exact) mass is 356 g/mol. The number of anilines is 2. The summed E-state index contributed by atoms with van der Waals surface area (Å²) in [4.78, 5) is 24.1. The highest BCUT2D eigenvalue weighted by Crippen LogP contribution is 2.31. The predicted octanol–water partition coefficient (Wildman–Crippen LogP) is 3.34. The van der Waals surface area contributed by atoms with Gasteiger partial charge in [-0.1, -0.05) is 18.2 Å². The quantitative estimate of drug-likeness (QED) is 0.877. The second kappa shape index (κ2) is 7.77. The van der Waals surface area contributed by atoms with E-state index >= 15 is 0 Å². The van der Waals surface area contributed by atoms with Crippen molar-refractivity contribution in [3.63, 3.8) is 0 Å². The number of hydrogen-bond donors (Lipinski definition) is 2. The largest absolute Gasteiger partial charge is 0.485 e. The molecule has 3 rings (SSSR count). The van der Waals surface area contributed by atoms with Crippen molar-refractivity contribution in [2.75, 3.05) is 23.8 Å². The van der Waals surface area contributed by atoms with Gasteiger partial charge in [0, 0.05) is 11.4 Å². The molecule has 0 aliphatic carbocycles. The fourth-order valence-electron chi connectivity index (χ4n) is 2.55. The smallest absolute Gasteiger partial charge is 0.411 e. The summed E-state index contributed by atoms with van der Waals surface area (Å²) in [5, 5.41) is 5.47. The van der Waals surface area contributed by atoms with Crippen LogP contribution in [0.25, 0.3) is 0 Å². The Balaban J connectivity index is 1.69. The second-order valence-corrected chi connectivity index (χ2v) is 5.68. The maximum absolute atomic E-state index is 12.5. The summed E-state index contributed by atoms with van der Waals surface area (Å²) in [7, 11) is 0. The van der Waals surface area contributed by atoms with Gasteiger partial charge in [-0.25, -0.2) is 4.79 Å². The maximum atomic E-state index is 12.5. The molecule has 1 aliphatic rings. The zero-order chi connectivity index (χ0) is 18.5. The molecule has 1 atom stereocenters. The van der Waals surface area contributed by atoms with Crippen molar-refractivity contribution in [3.05, 3.63) is 48.0 Å². The van der Waals surface area contributed by atoms with Crippen molar-refractivity contribution in [2.24, 2.45) is 0 Å². The lowest BCUT2D eigenvalue weighted by Crippen LogP contribution is -2.40. The molecule has 0 saturated heterocycles. The standard InChI is InChI=1S/C19H20N2O5/c1-3-24-19(23)21-14-8-6-7-13(12(14)2)20-18(22)17-11-25-15-9-4-5-10-16(15)26-17/h4-10,17H,3,11H2,1-2H3,(H,20,22)(H,21,23)/t17-/m1/s1. The third-order valence-corrected chi connectivity index (χ3v) is 3.90. The summed E-state index contributed by atoms with van der Waals surface area (Å²) in [6.45, 7) is 3.93. The normalized spacial score (nSPS) is 15.1. The zero-order valence-corrected chi connectivity index (χ0v) is 14.6. The number of hydrogen-bond acceptors (Lipinski definition) is 5. The van der Waals surface area contributed by atoms with Gasteiger partial charge in [-0.15, -0.1) is 0 Å². The van der Waals surface area contributed by atoms with Crippen molar-refractivity contribution in [1.82, 2.24) is 0 Å². The number of nitrogens with one attached hydrogen (secondary N) is 2. The molecule has 2 aromatic carbocycles. The van der Waals surface area contributed by atoms with Crippen molar-refractivity contribution in [2.45, 2.75) is 20.0 Å². The van der Waals surface area contributed by atoms with E-state index in [4.69, 9.17) is 14.2 Å². The Morgan fingerprint density at radius 1 is 1.08 bits per heavy atom. The average Bonchev–Trinajstić information content (AvgIpc) is 2.64. The van der Waals surface area contributed by atoms with Crippen LogP contribution in [0.5, 0.6) is 11.5 Å². The van der Waals surface area contributed by atoms with Crippen LogP contribution >= 0.6 is 0 Å². The van der Waals surface area contributed by atoms with Gasteiger partial charge < -0.3 is 19.5 Å². The molecule has 7 nitrogen and oxygen atoms in total. The van der Waals surface area contributed by atoms with Crippen LogP contribution in [-0.2, 0) is 9.53 Å². The van der Waals surface area contributed by atoms with Crippen LogP contribution in [-0.4, -0.2) is 31.3 Å². The molecule has 0 spiro atoms. The number of carbonyl (C=O) groups excluding carboxylic acids is 2. The van der Waals surface area contributed by atoms with E-state index in [9.17, 15) is 9.59 Å². The highest BCUT2D eigenvalue weighted by Gasteiger charge is 2.27. The molecule has 0 saturated carbocycles. The Morgan fingerprint density at radius 3 is 2.50 bits per heavy atom. The molecule has 7 heteroatoms. The van der Waals surface area contributed by atoms with Crippen LogP contribution in [0.4, 0.5) is 16.2 Å². The molecule has 0 aromatic heterocycles. The summed E-state index contributed by atoms with van der Waals surface area (Å²) >= 11 is 0. The number of para-hydroxylation sites is 2. The Labute approximate surface area is 151 Å². The van der Waals surface area contributed by atoms with Gasteiger partial charge in [-0.05, 0) is 43.7 Å². The van der Waals surface area contributed by atoms with Crippen LogP contribution in [0.1, 0.15) is 12.5 Å². The second-order valence-electron chi connectivity index (χ2n) is 5.68. The molecule has 1 aliphatic heterocycles. The third-order valence-electron chi connectivity index (χ3n) is 3.90. The molecule has 0 unspecified atom stereocenters. The lowest BCUT2D eigenvalue weighted by Gasteiger charge is -2.26. The van der Waals surface area contributed by atoms with Gasteiger partial charge in [-0.3, -0.25) is 10.1 Å². The highest BCUT2D eigenvalue weighted by molar-refractivity contribution is 5.97. The molecule has 0 fully saturated rings. The first kappa shape index (κ1) is 17.6. The first-order valence-corrected chi connectivity index (χ1v) is 8.31. The zero-order valence-electron chi connectivity index (χ0n) is 14.6. The molecule has 136 valence electrons. The molecule has 1 heterocycles. The van der Waals surface area contributed by atoms with Crippen LogP contribution in [0.2, 0.25) is 0 Å². The summed E-state index contributed by atoms with van der Waals surface area (Å²) in [5.41, 5.74) is 1.85. The van der Waals surface area contributed by atoms with Crippen molar-refractivity contribution >= 4 is 23.4 Å². The molecule has 2 N–H and O–H groups in total. The number of fused-ring (bicyclic) bond motifs is 1. The summed E-state index contributed by atoms with van der Waals surface area (Å²) in [5.74, 6) is 0.831. The number of carbonyl (C=O) groups is 2. The van der Waals surface area contributed by atoms with E-state index in [1.807, 2.05) is 12.1 Å². The number of amides is 2. The van der Waals surface area contributed by atoms with E-state index in [0.717, 1.165) is 0 Å². The molecule has 2 aromatic rings. The fourth-order valence-corrected chi connectivity index (χ4v) is 2.55. The highest BCUT2D eigenvalue weighted by atomic mass is 16.6.